The predicted molar refractivity (Wildman–Crippen MR) is 41.3 cm³/mol. The number of rotatable bonds is 0. The zero-order chi connectivity index (χ0) is 10.1. The van der Waals surface area contributed by atoms with Crippen molar-refractivity contribution in [2.45, 2.75) is 6.18 Å². The lowest BCUT2D eigenvalue weighted by atomic mass is 10.1. The van der Waals surface area contributed by atoms with Crippen LogP contribution in [0.5, 0.6) is 0 Å². The smallest absolute Gasteiger partial charge is 0.352 e. The Morgan fingerprint density at radius 1 is 1.46 bits per heavy atom. The molecule has 0 saturated heterocycles. The summed E-state index contributed by atoms with van der Waals surface area (Å²) < 4.78 is 36.4. The van der Waals surface area contributed by atoms with Crippen molar-refractivity contribution < 1.29 is 13.2 Å². The second-order valence-corrected chi connectivity index (χ2v) is 2.61. The van der Waals surface area contributed by atoms with Gasteiger partial charge in [0.25, 0.3) is 0 Å². The van der Waals surface area contributed by atoms with Crippen LogP contribution in [0.1, 0.15) is 11.1 Å². The van der Waals surface area contributed by atoms with E-state index in [1.165, 1.54) is 6.07 Å². The number of hydrogen-bond acceptors (Lipinski definition) is 2. The molecule has 2 nitrogen and oxygen atoms in total. The molecular formula is C7H3F3N2S. The van der Waals surface area contributed by atoms with E-state index in [-0.39, 0.29) is 4.64 Å². The molecule has 0 unspecified atom stereocenters. The van der Waals surface area contributed by atoms with Crippen molar-refractivity contribution in [3.8, 4) is 6.07 Å². The van der Waals surface area contributed by atoms with Crippen LogP contribution in [-0.4, -0.2) is 4.98 Å². The summed E-state index contributed by atoms with van der Waals surface area (Å²) in [6.45, 7) is 0. The maximum Gasteiger partial charge on any atom is 0.417 e. The molecule has 0 bridgehead atoms. The molecular weight excluding hydrogens is 201 g/mol. The first-order valence-electron chi connectivity index (χ1n) is 3.16. The van der Waals surface area contributed by atoms with Crippen LogP contribution in [0.15, 0.2) is 12.3 Å². The highest BCUT2D eigenvalue weighted by atomic mass is 32.1. The molecule has 0 amide bonds. The lowest BCUT2D eigenvalue weighted by Gasteiger charge is -2.07. The molecule has 0 saturated carbocycles. The van der Waals surface area contributed by atoms with Gasteiger partial charge in [-0.2, -0.15) is 18.4 Å². The standard InChI is InChI=1S/C7H3F3N2S/c8-7(9,10)5-1-2-12-6(13)4(5)3-11/h1-2H,(H,12,13). The fourth-order valence-electron chi connectivity index (χ4n) is 0.826. The van der Waals surface area contributed by atoms with Crippen LogP contribution >= 0.6 is 12.2 Å². The molecule has 0 radical (unpaired) electrons. The number of halogens is 3. The average molecular weight is 204 g/mol. The van der Waals surface area contributed by atoms with Gasteiger partial charge in [0.05, 0.1) is 11.1 Å². The number of pyridine rings is 1. The molecule has 68 valence electrons. The van der Waals surface area contributed by atoms with Gasteiger partial charge in [0.2, 0.25) is 0 Å². The minimum absolute atomic E-state index is 0.197. The van der Waals surface area contributed by atoms with Gasteiger partial charge in [-0.15, -0.1) is 0 Å². The quantitative estimate of drug-likeness (QED) is 0.660. The summed E-state index contributed by atoms with van der Waals surface area (Å²) in [5, 5.41) is 8.43. The molecule has 0 aliphatic heterocycles. The molecule has 0 spiro atoms. The Kier molecular flexibility index (Phi) is 2.38. The van der Waals surface area contributed by atoms with E-state index in [0.717, 1.165) is 12.3 Å². The summed E-state index contributed by atoms with van der Waals surface area (Å²) >= 11 is 4.53. The summed E-state index contributed by atoms with van der Waals surface area (Å²) in [5.74, 6) is 0. The van der Waals surface area contributed by atoms with Crippen LogP contribution in [0.2, 0.25) is 0 Å². The van der Waals surface area contributed by atoms with Crippen molar-refractivity contribution >= 4 is 12.2 Å². The van der Waals surface area contributed by atoms with E-state index in [9.17, 15) is 13.2 Å². The topological polar surface area (TPSA) is 39.6 Å². The molecule has 13 heavy (non-hydrogen) atoms. The Labute approximate surface area is 76.6 Å². The Hall–Kier alpha value is -1.35. The molecule has 0 fully saturated rings. The minimum atomic E-state index is -4.53. The van der Waals surface area contributed by atoms with Crippen LogP contribution in [0.4, 0.5) is 13.2 Å². The van der Waals surface area contributed by atoms with Crippen molar-refractivity contribution in [2.75, 3.05) is 0 Å². The van der Waals surface area contributed by atoms with Crippen molar-refractivity contribution in [3.63, 3.8) is 0 Å². The summed E-state index contributed by atoms with van der Waals surface area (Å²) in [6, 6.07) is 2.20. The van der Waals surface area contributed by atoms with Gasteiger partial charge in [0.15, 0.2) is 0 Å². The number of alkyl halides is 3. The largest absolute Gasteiger partial charge is 0.417 e. The van der Waals surface area contributed by atoms with Crippen molar-refractivity contribution in [1.82, 2.24) is 4.98 Å². The molecule has 1 aromatic heterocycles. The fourth-order valence-corrected chi connectivity index (χ4v) is 1.05. The first-order chi connectivity index (χ1) is 5.96. The normalized spacial score (nSPS) is 10.9. The molecule has 0 aromatic carbocycles. The lowest BCUT2D eigenvalue weighted by Crippen LogP contribution is -2.08. The summed E-state index contributed by atoms with van der Waals surface area (Å²) in [7, 11) is 0. The number of aromatic nitrogens is 1. The predicted octanol–water partition coefficient (Wildman–Crippen LogP) is 2.63. The van der Waals surface area contributed by atoms with Gasteiger partial charge in [-0.05, 0) is 6.07 Å². The highest BCUT2D eigenvalue weighted by molar-refractivity contribution is 7.71. The lowest BCUT2D eigenvalue weighted by molar-refractivity contribution is -0.137. The van der Waals surface area contributed by atoms with Gasteiger partial charge >= 0.3 is 6.18 Å². The third kappa shape index (κ3) is 1.87. The van der Waals surface area contributed by atoms with E-state index in [2.05, 4.69) is 17.2 Å². The fraction of sp³-hybridized carbons (Fsp3) is 0.143. The van der Waals surface area contributed by atoms with Crippen LogP contribution in [0.25, 0.3) is 0 Å². The summed E-state index contributed by atoms with van der Waals surface area (Å²) in [5.41, 5.74) is -1.54. The third-order valence-corrected chi connectivity index (χ3v) is 1.70. The minimum Gasteiger partial charge on any atom is -0.352 e. The van der Waals surface area contributed by atoms with E-state index >= 15 is 0 Å². The average Bonchev–Trinajstić information content (AvgIpc) is 2.02. The highest BCUT2D eigenvalue weighted by Crippen LogP contribution is 2.31. The van der Waals surface area contributed by atoms with Gasteiger partial charge in [-0.25, -0.2) is 0 Å². The van der Waals surface area contributed by atoms with Crippen molar-refractivity contribution in [2.24, 2.45) is 0 Å². The van der Waals surface area contributed by atoms with Gasteiger partial charge < -0.3 is 4.98 Å². The van der Waals surface area contributed by atoms with Crippen LogP contribution in [-0.2, 0) is 6.18 Å². The highest BCUT2D eigenvalue weighted by Gasteiger charge is 2.33. The second-order valence-electron chi connectivity index (χ2n) is 2.21. The molecule has 1 heterocycles. The van der Waals surface area contributed by atoms with E-state index in [0.29, 0.717) is 0 Å². The van der Waals surface area contributed by atoms with Crippen LogP contribution < -0.4 is 0 Å². The maximum atomic E-state index is 12.2. The van der Waals surface area contributed by atoms with E-state index in [1.54, 1.807) is 0 Å². The van der Waals surface area contributed by atoms with Crippen LogP contribution in [0.3, 0.4) is 0 Å². The molecule has 1 rings (SSSR count). The van der Waals surface area contributed by atoms with E-state index < -0.39 is 17.3 Å². The number of H-pyrrole nitrogens is 1. The molecule has 1 aromatic rings. The molecule has 1 N–H and O–H groups in total. The Morgan fingerprint density at radius 2 is 2.08 bits per heavy atom. The number of nitriles is 1. The van der Waals surface area contributed by atoms with Crippen LogP contribution in [0, 0.1) is 16.0 Å². The van der Waals surface area contributed by atoms with E-state index in [1.807, 2.05) is 0 Å². The Morgan fingerprint density at radius 3 is 2.46 bits per heavy atom. The van der Waals surface area contributed by atoms with Gasteiger partial charge in [-0.3, -0.25) is 0 Å². The van der Waals surface area contributed by atoms with Gasteiger partial charge in [0, 0.05) is 6.20 Å². The summed E-state index contributed by atoms with van der Waals surface area (Å²) in [4.78, 5) is 2.36. The monoisotopic (exact) mass is 204 g/mol. The van der Waals surface area contributed by atoms with E-state index in [4.69, 9.17) is 5.26 Å². The van der Waals surface area contributed by atoms with Gasteiger partial charge in [-0.1, -0.05) is 12.2 Å². The SMILES string of the molecule is N#Cc1c(C(F)(F)F)cc[nH]c1=S. The number of hydrogen-bond donors (Lipinski definition) is 1. The maximum absolute atomic E-state index is 12.2. The molecule has 0 aliphatic carbocycles. The number of nitrogens with zero attached hydrogens (tertiary/aromatic N) is 1. The zero-order valence-corrected chi connectivity index (χ0v) is 6.96. The first kappa shape index (κ1) is 9.74. The molecule has 0 aliphatic rings. The second kappa shape index (κ2) is 3.18. The van der Waals surface area contributed by atoms with Crippen molar-refractivity contribution in [3.05, 3.63) is 28.0 Å². The first-order valence-corrected chi connectivity index (χ1v) is 3.56. The summed E-state index contributed by atoms with van der Waals surface area (Å²) in [6.07, 6.45) is -3.47. The number of nitrogens with one attached hydrogen (secondary N) is 1. The Balaban J connectivity index is 3.49. The molecule has 0 atom stereocenters. The molecule has 6 heteroatoms. The third-order valence-electron chi connectivity index (χ3n) is 1.38. The Bertz CT molecular complexity index is 413. The number of aromatic amines is 1. The van der Waals surface area contributed by atoms with Crippen molar-refractivity contribution in [1.29, 1.82) is 5.26 Å². The zero-order valence-electron chi connectivity index (χ0n) is 6.14. The van der Waals surface area contributed by atoms with Gasteiger partial charge in [0.1, 0.15) is 10.7 Å².